The van der Waals surface area contributed by atoms with Gasteiger partial charge in [-0.2, -0.15) is 0 Å². The topological polar surface area (TPSA) is 37.8 Å². The Balaban J connectivity index is 2.51. The van der Waals surface area contributed by atoms with E-state index in [0.717, 1.165) is 6.54 Å². The summed E-state index contributed by atoms with van der Waals surface area (Å²) in [4.78, 5) is 8.70. The minimum atomic E-state index is -0.379. The molecule has 0 spiro atoms. The Morgan fingerprint density at radius 3 is 2.63 bits per heavy atom. The van der Waals surface area contributed by atoms with E-state index in [1.54, 1.807) is 18.2 Å². The van der Waals surface area contributed by atoms with Gasteiger partial charge >= 0.3 is 0 Å². The standard InChI is InChI=1S/C14H15ClFN3/c1-3-13-18-12(8-14(19-13)17-4-2)10-6-5-9(15)7-11(10)16/h5-8H,3-4H2,1-2H3,(H,17,18,19). The quantitative estimate of drug-likeness (QED) is 0.921. The van der Waals surface area contributed by atoms with Gasteiger partial charge in [-0.05, 0) is 25.1 Å². The fourth-order valence-electron chi connectivity index (χ4n) is 1.76. The highest BCUT2D eigenvalue weighted by Gasteiger charge is 2.10. The van der Waals surface area contributed by atoms with Crippen molar-refractivity contribution in [1.29, 1.82) is 0 Å². The van der Waals surface area contributed by atoms with E-state index in [9.17, 15) is 4.39 Å². The zero-order chi connectivity index (χ0) is 13.8. The van der Waals surface area contributed by atoms with E-state index >= 15 is 0 Å². The number of rotatable bonds is 4. The summed E-state index contributed by atoms with van der Waals surface area (Å²) in [7, 11) is 0. The molecular weight excluding hydrogens is 265 g/mol. The molecule has 0 aliphatic rings. The van der Waals surface area contributed by atoms with Crippen LogP contribution in [-0.2, 0) is 6.42 Å². The number of aryl methyl sites for hydroxylation is 1. The minimum Gasteiger partial charge on any atom is -0.370 e. The molecule has 0 aliphatic heterocycles. The number of hydrogen-bond acceptors (Lipinski definition) is 3. The van der Waals surface area contributed by atoms with E-state index in [4.69, 9.17) is 11.6 Å². The summed E-state index contributed by atoms with van der Waals surface area (Å²) in [6.07, 6.45) is 0.696. The van der Waals surface area contributed by atoms with Gasteiger partial charge in [-0.25, -0.2) is 14.4 Å². The van der Waals surface area contributed by atoms with E-state index in [2.05, 4.69) is 15.3 Å². The lowest BCUT2D eigenvalue weighted by molar-refractivity contribution is 0.630. The van der Waals surface area contributed by atoms with Gasteiger partial charge in [0.15, 0.2) is 0 Å². The maximum atomic E-state index is 13.9. The third kappa shape index (κ3) is 3.20. The Labute approximate surface area is 116 Å². The van der Waals surface area contributed by atoms with E-state index in [-0.39, 0.29) is 5.82 Å². The number of aromatic nitrogens is 2. The van der Waals surface area contributed by atoms with Gasteiger partial charge in [0, 0.05) is 29.6 Å². The van der Waals surface area contributed by atoms with Gasteiger partial charge in [0.2, 0.25) is 0 Å². The first-order valence-electron chi connectivity index (χ1n) is 6.21. The summed E-state index contributed by atoms with van der Waals surface area (Å²) in [5.74, 6) is 1.01. The van der Waals surface area contributed by atoms with Crippen molar-refractivity contribution in [2.75, 3.05) is 11.9 Å². The van der Waals surface area contributed by atoms with Crippen molar-refractivity contribution in [2.45, 2.75) is 20.3 Å². The number of nitrogens with zero attached hydrogens (tertiary/aromatic N) is 2. The Bertz CT molecular complexity index is 587. The smallest absolute Gasteiger partial charge is 0.134 e. The monoisotopic (exact) mass is 279 g/mol. The van der Waals surface area contributed by atoms with Crippen LogP contribution in [0.2, 0.25) is 5.02 Å². The molecule has 0 saturated carbocycles. The Kier molecular flexibility index (Phi) is 4.32. The van der Waals surface area contributed by atoms with Crippen LogP contribution in [0.5, 0.6) is 0 Å². The molecule has 2 rings (SSSR count). The summed E-state index contributed by atoms with van der Waals surface area (Å²) in [6.45, 7) is 4.70. The van der Waals surface area contributed by atoms with Crippen LogP contribution in [0.15, 0.2) is 24.3 Å². The molecule has 0 unspecified atom stereocenters. The van der Waals surface area contributed by atoms with Crippen LogP contribution in [-0.4, -0.2) is 16.5 Å². The molecule has 1 aromatic heterocycles. The summed E-state index contributed by atoms with van der Waals surface area (Å²) in [5, 5.41) is 3.50. The summed E-state index contributed by atoms with van der Waals surface area (Å²) >= 11 is 5.76. The molecule has 0 atom stereocenters. The molecule has 0 saturated heterocycles. The first-order valence-corrected chi connectivity index (χ1v) is 6.59. The van der Waals surface area contributed by atoms with Crippen molar-refractivity contribution in [3.63, 3.8) is 0 Å². The fourth-order valence-corrected chi connectivity index (χ4v) is 1.92. The normalized spacial score (nSPS) is 10.5. The van der Waals surface area contributed by atoms with E-state index in [1.165, 1.54) is 6.07 Å². The highest BCUT2D eigenvalue weighted by molar-refractivity contribution is 6.30. The van der Waals surface area contributed by atoms with Crippen molar-refractivity contribution in [3.05, 3.63) is 40.9 Å². The average molecular weight is 280 g/mol. The Morgan fingerprint density at radius 1 is 1.21 bits per heavy atom. The number of halogens is 2. The largest absolute Gasteiger partial charge is 0.370 e. The highest BCUT2D eigenvalue weighted by atomic mass is 35.5. The first-order chi connectivity index (χ1) is 9.13. The van der Waals surface area contributed by atoms with Crippen molar-refractivity contribution in [2.24, 2.45) is 0 Å². The molecule has 1 N–H and O–H groups in total. The van der Waals surface area contributed by atoms with E-state index < -0.39 is 0 Å². The fraction of sp³-hybridized carbons (Fsp3) is 0.286. The molecular formula is C14H15ClFN3. The molecule has 1 heterocycles. The van der Waals surface area contributed by atoms with E-state index in [0.29, 0.717) is 34.3 Å². The number of benzene rings is 1. The van der Waals surface area contributed by atoms with Gasteiger partial charge in [0.1, 0.15) is 17.5 Å². The second kappa shape index (κ2) is 5.97. The third-order valence-electron chi connectivity index (χ3n) is 2.65. The zero-order valence-corrected chi connectivity index (χ0v) is 11.6. The maximum absolute atomic E-state index is 13.9. The van der Waals surface area contributed by atoms with Crippen LogP contribution < -0.4 is 5.32 Å². The predicted octanol–water partition coefficient (Wildman–Crippen LogP) is 3.93. The van der Waals surface area contributed by atoms with Crippen LogP contribution in [0, 0.1) is 5.82 Å². The van der Waals surface area contributed by atoms with Crippen LogP contribution in [0.4, 0.5) is 10.2 Å². The third-order valence-corrected chi connectivity index (χ3v) is 2.89. The molecule has 0 fully saturated rings. The summed E-state index contributed by atoms with van der Waals surface area (Å²) < 4.78 is 13.9. The summed E-state index contributed by atoms with van der Waals surface area (Å²) in [6, 6.07) is 6.32. The molecule has 5 heteroatoms. The molecule has 0 amide bonds. The molecule has 19 heavy (non-hydrogen) atoms. The lowest BCUT2D eigenvalue weighted by atomic mass is 10.1. The molecule has 0 bridgehead atoms. The van der Waals surface area contributed by atoms with Gasteiger partial charge in [0.05, 0.1) is 5.69 Å². The van der Waals surface area contributed by atoms with Crippen molar-refractivity contribution < 1.29 is 4.39 Å². The number of nitrogens with one attached hydrogen (secondary N) is 1. The molecule has 2 aromatic rings. The second-order valence-electron chi connectivity index (χ2n) is 4.06. The van der Waals surface area contributed by atoms with Crippen molar-refractivity contribution in [3.8, 4) is 11.3 Å². The van der Waals surface area contributed by atoms with Crippen LogP contribution in [0.1, 0.15) is 19.7 Å². The van der Waals surface area contributed by atoms with Gasteiger partial charge in [-0.15, -0.1) is 0 Å². The molecule has 0 radical (unpaired) electrons. The average Bonchev–Trinajstić information content (AvgIpc) is 2.38. The minimum absolute atomic E-state index is 0.373. The predicted molar refractivity (Wildman–Crippen MR) is 76.0 cm³/mol. The zero-order valence-electron chi connectivity index (χ0n) is 10.9. The lowest BCUT2D eigenvalue weighted by Gasteiger charge is -2.09. The first kappa shape index (κ1) is 13.7. The molecule has 0 aliphatic carbocycles. The Morgan fingerprint density at radius 2 is 2.00 bits per heavy atom. The SMILES string of the molecule is CCNc1cc(-c2ccc(Cl)cc2F)nc(CC)n1. The Hall–Kier alpha value is -1.68. The van der Waals surface area contributed by atoms with Gasteiger partial charge in [-0.1, -0.05) is 18.5 Å². The maximum Gasteiger partial charge on any atom is 0.134 e. The number of hydrogen-bond donors (Lipinski definition) is 1. The molecule has 3 nitrogen and oxygen atoms in total. The molecule has 1 aromatic carbocycles. The van der Waals surface area contributed by atoms with Crippen LogP contribution in [0.3, 0.4) is 0 Å². The van der Waals surface area contributed by atoms with Gasteiger partial charge in [-0.3, -0.25) is 0 Å². The summed E-state index contributed by atoms with van der Waals surface area (Å²) in [5.41, 5.74) is 0.998. The van der Waals surface area contributed by atoms with Gasteiger partial charge in [0.25, 0.3) is 0 Å². The van der Waals surface area contributed by atoms with Crippen molar-refractivity contribution in [1.82, 2.24) is 9.97 Å². The number of anilines is 1. The van der Waals surface area contributed by atoms with Gasteiger partial charge < -0.3 is 5.32 Å². The van der Waals surface area contributed by atoms with Crippen molar-refractivity contribution >= 4 is 17.4 Å². The van der Waals surface area contributed by atoms with Crippen LogP contribution in [0.25, 0.3) is 11.3 Å². The highest BCUT2D eigenvalue weighted by Crippen LogP contribution is 2.25. The second-order valence-corrected chi connectivity index (χ2v) is 4.50. The van der Waals surface area contributed by atoms with E-state index in [1.807, 2.05) is 13.8 Å². The molecule has 100 valence electrons. The lowest BCUT2D eigenvalue weighted by Crippen LogP contribution is -2.04. The van der Waals surface area contributed by atoms with Crippen LogP contribution >= 0.6 is 11.6 Å².